The summed E-state index contributed by atoms with van der Waals surface area (Å²) in [4.78, 5) is 4.48. The average molecular weight is 408 g/mol. The van der Waals surface area contributed by atoms with E-state index < -0.39 is 30.1 Å². The molecule has 1 saturated carbocycles. The molecule has 1 saturated heterocycles. The van der Waals surface area contributed by atoms with Crippen LogP contribution < -0.4 is 5.46 Å². The van der Waals surface area contributed by atoms with E-state index in [2.05, 4.69) is 4.98 Å². The number of nitrogens with zero attached hydrogens (tertiary/aromatic N) is 2. The first-order valence-corrected chi connectivity index (χ1v) is 10.3. The van der Waals surface area contributed by atoms with Crippen LogP contribution in [0.5, 0.6) is 0 Å². The van der Waals surface area contributed by atoms with Crippen LogP contribution in [0.3, 0.4) is 0 Å². The number of imidazole rings is 1. The second-order valence-corrected chi connectivity index (χ2v) is 9.69. The first-order valence-electron chi connectivity index (χ1n) is 10.3. The van der Waals surface area contributed by atoms with E-state index in [9.17, 15) is 8.78 Å². The minimum absolute atomic E-state index is 0.0443. The molecule has 2 fully saturated rings. The van der Waals surface area contributed by atoms with Gasteiger partial charge in [-0.1, -0.05) is 0 Å². The summed E-state index contributed by atoms with van der Waals surface area (Å²) in [5, 5.41) is 0. The molecule has 158 valence electrons. The van der Waals surface area contributed by atoms with E-state index in [1.807, 2.05) is 52.2 Å². The normalized spacial score (nSPS) is 25.4. The SMILES string of the molecule is CC(C)n1c(C2CCC(F)(F)C2)nc2c(F)cc(B3OC(C)(C)C(C)(C)O3)cc21. The topological polar surface area (TPSA) is 36.3 Å². The largest absolute Gasteiger partial charge is 0.495 e. The van der Waals surface area contributed by atoms with Gasteiger partial charge in [-0.2, -0.15) is 0 Å². The minimum atomic E-state index is -2.68. The molecule has 0 bridgehead atoms. The van der Waals surface area contributed by atoms with E-state index >= 15 is 4.39 Å². The lowest BCUT2D eigenvalue weighted by Crippen LogP contribution is -2.41. The number of alkyl halides is 2. The summed E-state index contributed by atoms with van der Waals surface area (Å²) >= 11 is 0. The molecule has 1 unspecified atom stereocenters. The maximum Gasteiger partial charge on any atom is 0.495 e. The minimum Gasteiger partial charge on any atom is -0.399 e. The predicted molar refractivity (Wildman–Crippen MR) is 107 cm³/mol. The molecule has 4 rings (SSSR count). The van der Waals surface area contributed by atoms with Gasteiger partial charge in [0, 0.05) is 24.8 Å². The van der Waals surface area contributed by atoms with E-state index in [-0.39, 0.29) is 30.3 Å². The van der Waals surface area contributed by atoms with Crippen LogP contribution in [0.1, 0.15) is 78.6 Å². The molecule has 1 aromatic carbocycles. The second kappa shape index (κ2) is 6.48. The van der Waals surface area contributed by atoms with Crippen molar-refractivity contribution >= 4 is 23.6 Å². The Morgan fingerprint density at radius 3 is 2.28 bits per heavy atom. The first-order chi connectivity index (χ1) is 13.3. The van der Waals surface area contributed by atoms with Crippen molar-refractivity contribution in [1.29, 1.82) is 0 Å². The van der Waals surface area contributed by atoms with E-state index in [0.717, 1.165) is 0 Å². The van der Waals surface area contributed by atoms with Gasteiger partial charge in [0.2, 0.25) is 5.92 Å². The van der Waals surface area contributed by atoms with E-state index in [4.69, 9.17) is 9.31 Å². The lowest BCUT2D eigenvalue weighted by atomic mass is 9.79. The summed E-state index contributed by atoms with van der Waals surface area (Å²) < 4.78 is 56.7. The zero-order valence-electron chi connectivity index (χ0n) is 17.9. The van der Waals surface area contributed by atoms with Crippen molar-refractivity contribution in [1.82, 2.24) is 9.55 Å². The lowest BCUT2D eigenvalue weighted by Gasteiger charge is -2.32. The second-order valence-electron chi connectivity index (χ2n) is 9.69. The standard InChI is InChI=1S/C21H28BF3N2O2/c1-12(2)27-16-10-14(22-28-19(3,4)20(5,6)29-22)9-15(23)17(16)26-18(27)13-7-8-21(24,25)11-13/h9-10,12-13H,7-8,11H2,1-6H3. The molecule has 1 aliphatic heterocycles. The Balaban J connectivity index is 1.81. The Morgan fingerprint density at radius 1 is 1.14 bits per heavy atom. The zero-order valence-corrected chi connectivity index (χ0v) is 17.9. The third-order valence-electron chi connectivity index (χ3n) is 6.61. The molecule has 8 heteroatoms. The highest BCUT2D eigenvalue weighted by Gasteiger charge is 2.52. The molecule has 0 N–H and O–H groups in total. The number of benzene rings is 1. The van der Waals surface area contributed by atoms with Crippen molar-refractivity contribution in [2.75, 3.05) is 0 Å². The van der Waals surface area contributed by atoms with Gasteiger partial charge in [-0.15, -0.1) is 0 Å². The van der Waals surface area contributed by atoms with Crippen molar-refractivity contribution < 1.29 is 22.5 Å². The van der Waals surface area contributed by atoms with Gasteiger partial charge < -0.3 is 13.9 Å². The van der Waals surface area contributed by atoms with Gasteiger partial charge in [-0.25, -0.2) is 18.2 Å². The smallest absolute Gasteiger partial charge is 0.399 e. The highest BCUT2D eigenvalue weighted by atomic mass is 19.3. The number of hydrogen-bond donors (Lipinski definition) is 0. The van der Waals surface area contributed by atoms with Crippen LogP contribution in [0, 0.1) is 5.82 Å². The summed E-state index contributed by atoms with van der Waals surface area (Å²) in [5.41, 5.74) is 0.294. The van der Waals surface area contributed by atoms with Crippen LogP contribution in [0.2, 0.25) is 0 Å². The third-order valence-corrected chi connectivity index (χ3v) is 6.61. The molecule has 0 radical (unpaired) electrons. The Morgan fingerprint density at radius 2 is 1.76 bits per heavy atom. The summed E-state index contributed by atoms with van der Waals surface area (Å²) in [6, 6.07) is 3.16. The van der Waals surface area contributed by atoms with Crippen LogP contribution in [-0.2, 0) is 9.31 Å². The van der Waals surface area contributed by atoms with Gasteiger partial charge in [0.05, 0.1) is 16.7 Å². The van der Waals surface area contributed by atoms with Crippen molar-refractivity contribution in [3.05, 3.63) is 23.8 Å². The number of fused-ring (bicyclic) bond motifs is 1. The van der Waals surface area contributed by atoms with Gasteiger partial charge in [0.1, 0.15) is 11.3 Å². The Kier molecular flexibility index (Phi) is 4.63. The van der Waals surface area contributed by atoms with E-state index in [0.29, 0.717) is 23.2 Å². The van der Waals surface area contributed by atoms with E-state index in [1.165, 1.54) is 6.07 Å². The highest BCUT2D eigenvalue weighted by Crippen LogP contribution is 2.45. The number of hydrogen-bond acceptors (Lipinski definition) is 3. The van der Waals surface area contributed by atoms with Crippen molar-refractivity contribution in [2.45, 2.75) is 89.9 Å². The molecule has 2 heterocycles. The Labute approximate surface area is 169 Å². The number of aromatic nitrogens is 2. The third kappa shape index (κ3) is 3.38. The maximum atomic E-state index is 15.0. The Hall–Kier alpha value is -1.54. The number of rotatable bonds is 3. The molecule has 2 aliphatic rings. The van der Waals surface area contributed by atoms with Gasteiger partial charge in [0.25, 0.3) is 0 Å². The fourth-order valence-electron chi connectivity index (χ4n) is 4.31. The molecular weight excluding hydrogens is 380 g/mol. The Bertz CT molecular complexity index is 939. The molecule has 4 nitrogen and oxygen atoms in total. The monoisotopic (exact) mass is 408 g/mol. The first kappa shape index (κ1) is 20.7. The number of halogens is 3. The quantitative estimate of drug-likeness (QED) is 0.674. The fourth-order valence-corrected chi connectivity index (χ4v) is 4.31. The van der Waals surface area contributed by atoms with Crippen molar-refractivity contribution in [3.8, 4) is 0 Å². The molecule has 0 amide bonds. The van der Waals surface area contributed by atoms with Crippen molar-refractivity contribution in [2.24, 2.45) is 0 Å². The zero-order chi connectivity index (χ0) is 21.4. The average Bonchev–Trinajstić information content (AvgIpc) is 3.19. The molecule has 1 atom stereocenters. The van der Waals surface area contributed by atoms with Crippen LogP contribution in [-0.4, -0.2) is 33.8 Å². The summed E-state index contributed by atoms with van der Waals surface area (Å²) in [5.74, 6) is -3.01. The van der Waals surface area contributed by atoms with Crippen LogP contribution in [0.25, 0.3) is 11.0 Å². The van der Waals surface area contributed by atoms with E-state index in [1.54, 1.807) is 0 Å². The van der Waals surface area contributed by atoms with Gasteiger partial charge in [0.15, 0.2) is 5.82 Å². The maximum absolute atomic E-state index is 15.0. The molecule has 1 aliphatic carbocycles. The van der Waals surface area contributed by atoms with Crippen LogP contribution in [0.15, 0.2) is 12.1 Å². The molecule has 0 spiro atoms. The fraction of sp³-hybridized carbons (Fsp3) is 0.667. The molecule has 29 heavy (non-hydrogen) atoms. The summed E-state index contributed by atoms with van der Waals surface area (Å²) in [6.07, 6.45) is -0.0376. The van der Waals surface area contributed by atoms with Gasteiger partial charge >= 0.3 is 7.12 Å². The van der Waals surface area contributed by atoms with Gasteiger partial charge in [-0.3, -0.25) is 0 Å². The summed E-state index contributed by atoms with van der Waals surface area (Å²) in [6.45, 7) is 11.7. The lowest BCUT2D eigenvalue weighted by molar-refractivity contribution is 0.00578. The highest BCUT2D eigenvalue weighted by molar-refractivity contribution is 6.62. The molecule has 2 aromatic rings. The van der Waals surface area contributed by atoms with Gasteiger partial charge in [-0.05, 0) is 65.6 Å². The van der Waals surface area contributed by atoms with Crippen LogP contribution >= 0.6 is 0 Å². The van der Waals surface area contributed by atoms with Crippen molar-refractivity contribution in [3.63, 3.8) is 0 Å². The van der Waals surface area contributed by atoms with Crippen LogP contribution in [0.4, 0.5) is 13.2 Å². The molecular formula is C21H28BF3N2O2. The predicted octanol–water partition coefficient (Wildman–Crippen LogP) is 4.96. The molecule has 1 aromatic heterocycles. The summed E-state index contributed by atoms with van der Waals surface area (Å²) in [7, 11) is -0.700.